The number of hydrogen-bond acceptors (Lipinski definition) is 5. The van der Waals surface area contributed by atoms with E-state index < -0.39 is 10.0 Å². The first-order valence-electron chi connectivity index (χ1n) is 6.69. The van der Waals surface area contributed by atoms with Crippen molar-refractivity contribution in [2.75, 3.05) is 31.9 Å². The Kier molecular flexibility index (Phi) is 4.22. The maximum Gasteiger partial charge on any atom is 0.243 e. The van der Waals surface area contributed by atoms with Gasteiger partial charge in [0.1, 0.15) is 5.75 Å². The van der Waals surface area contributed by atoms with E-state index in [4.69, 9.17) is 5.73 Å². The average molecular weight is 299 g/mol. The SMILES string of the molecule is CCN1CCN(S(=O)(=O)c2ccc(O)c(N)c2)CC1C. The molecule has 0 saturated carbocycles. The van der Waals surface area contributed by atoms with Crippen LogP contribution in [-0.4, -0.2) is 55.0 Å². The van der Waals surface area contributed by atoms with Crippen molar-refractivity contribution in [1.29, 1.82) is 0 Å². The minimum absolute atomic E-state index is 0.0753. The molecule has 1 aromatic carbocycles. The molecule has 1 heterocycles. The summed E-state index contributed by atoms with van der Waals surface area (Å²) in [5, 5.41) is 9.39. The van der Waals surface area contributed by atoms with Crippen LogP contribution in [-0.2, 0) is 10.0 Å². The highest BCUT2D eigenvalue weighted by atomic mass is 32.2. The largest absolute Gasteiger partial charge is 0.506 e. The van der Waals surface area contributed by atoms with E-state index in [0.29, 0.717) is 13.1 Å². The van der Waals surface area contributed by atoms with E-state index in [1.165, 1.54) is 22.5 Å². The summed E-state index contributed by atoms with van der Waals surface area (Å²) in [6.45, 7) is 6.68. The summed E-state index contributed by atoms with van der Waals surface area (Å²) in [6, 6.07) is 4.20. The van der Waals surface area contributed by atoms with Crippen LogP contribution >= 0.6 is 0 Å². The van der Waals surface area contributed by atoms with Crippen LogP contribution in [0, 0.1) is 0 Å². The summed E-state index contributed by atoms with van der Waals surface area (Å²) in [5.41, 5.74) is 5.65. The van der Waals surface area contributed by atoms with Gasteiger partial charge in [0.15, 0.2) is 0 Å². The normalized spacial score (nSPS) is 22.0. The van der Waals surface area contributed by atoms with Crippen LogP contribution in [0.5, 0.6) is 5.75 Å². The number of sulfonamides is 1. The van der Waals surface area contributed by atoms with E-state index in [9.17, 15) is 13.5 Å². The number of aromatic hydroxyl groups is 1. The number of phenols is 1. The Labute approximate surface area is 119 Å². The first kappa shape index (κ1) is 15.1. The van der Waals surface area contributed by atoms with Gasteiger partial charge in [0.2, 0.25) is 10.0 Å². The molecule has 2 rings (SSSR count). The molecule has 7 heteroatoms. The molecule has 1 aliphatic heterocycles. The summed E-state index contributed by atoms with van der Waals surface area (Å²) < 4.78 is 26.6. The van der Waals surface area contributed by atoms with Gasteiger partial charge < -0.3 is 10.8 Å². The third-order valence-electron chi connectivity index (χ3n) is 3.77. The minimum Gasteiger partial charge on any atom is -0.506 e. The van der Waals surface area contributed by atoms with Gasteiger partial charge in [0.05, 0.1) is 10.6 Å². The second kappa shape index (κ2) is 5.59. The molecule has 6 nitrogen and oxygen atoms in total. The van der Waals surface area contributed by atoms with Crippen LogP contribution < -0.4 is 5.73 Å². The molecule has 1 fully saturated rings. The number of nitrogens with zero attached hydrogens (tertiary/aromatic N) is 2. The Morgan fingerprint density at radius 3 is 2.65 bits per heavy atom. The molecule has 1 aromatic rings. The van der Waals surface area contributed by atoms with Crippen LogP contribution in [0.3, 0.4) is 0 Å². The molecular weight excluding hydrogens is 278 g/mol. The van der Waals surface area contributed by atoms with E-state index in [1.54, 1.807) is 0 Å². The van der Waals surface area contributed by atoms with Crippen molar-refractivity contribution in [3.63, 3.8) is 0 Å². The third-order valence-corrected chi connectivity index (χ3v) is 5.63. The quantitative estimate of drug-likeness (QED) is 0.633. The maximum absolute atomic E-state index is 12.6. The number of likely N-dealkylation sites (N-methyl/N-ethyl adjacent to an activating group) is 1. The zero-order valence-corrected chi connectivity index (χ0v) is 12.6. The Balaban J connectivity index is 2.25. The molecule has 1 unspecified atom stereocenters. The molecule has 3 N–H and O–H groups in total. The number of piperazine rings is 1. The van der Waals surface area contributed by atoms with Crippen molar-refractivity contribution in [2.45, 2.75) is 24.8 Å². The van der Waals surface area contributed by atoms with Gasteiger partial charge in [-0.2, -0.15) is 4.31 Å². The summed E-state index contributed by atoms with van der Waals surface area (Å²) in [6.07, 6.45) is 0. The van der Waals surface area contributed by atoms with Gasteiger partial charge in [-0.1, -0.05) is 6.92 Å². The smallest absolute Gasteiger partial charge is 0.243 e. The molecule has 1 aliphatic rings. The number of rotatable bonds is 3. The number of hydrogen-bond donors (Lipinski definition) is 2. The van der Waals surface area contributed by atoms with Crippen molar-refractivity contribution < 1.29 is 13.5 Å². The van der Waals surface area contributed by atoms with Gasteiger partial charge in [-0.15, -0.1) is 0 Å². The van der Waals surface area contributed by atoms with Crippen LogP contribution in [0.1, 0.15) is 13.8 Å². The monoisotopic (exact) mass is 299 g/mol. The standard InChI is InChI=1S/C13H21N3O3S/c1-3-15-6-7-16(9-10(15)2)20(18,19)11-4-5-13(17)12(14)8-11/h4-5,8,10,17H,3,6-7,9,14H2,1-2H3. The number of anilines is 1. The van der Waals surface area contributed by atoms with Gasteiger partial charge >= 0.3 is 0 Å². The van der Waals surface area contributed by atoms with Gasteiger partial charge in [-0.3, -0.25) is 4.90 Å². The van der Waals surface area contributed by atoms with E-state index in [0.717, 1.165) is 13.1 Å². The molecule has 0 spiro atoms. The Hall–Kier alpha value is -1.31. The van der Waals surface area contributed by atoms with Gasteiger partial charge in [0, 0.05) is 25.7 Å². The molecule has 0 aromatic heterocycles. The summed E-state index contributed by atoms with van der Waals surface area (Å²) in [4.78, 5) is 2.38. The van der Waals surface area contributed by atoms with E-state index in [2.05, 4.69) is 11.8 Å². The molecule has 1 saturated heterocycles. The van der Waals surface area contributed by atoms with Crippen molar-refractivity contribution >= 4 is 15.7 Å². The predicted octanol–water partition coefficient (Wildman–Crippen LogP) is 0.689. The van der Waals surface area contributed by atoms with E-state index in [-0.39, 0.29) is 22.4 Å². The number of benzene rings is 1. The molecule has 0 bridgehead atoms. The molecule has 112 valence electrons. The molecule has 0 radical (unpaired) electrons. The lowest BCUT2D eigenvalue weighted by Crippen LogP contribution is -2.53. The summed E-state index contributed by atoms with van der Waals surface area (Å²) in [5.74, 6) is -0.104. The van der Waals surface area contributed by atoms with Crippen molar-refractivity contribution in [2.24, 2.45) is 0 Å². The molecule has 0 aliphatic carbocycles. The van der Waals surface area contributed by atoms with Gasteiger partial charge in [0.25, 0.3) is 0 Å². The highest BCUT2D eigenvalue weighted by molar-refractivity contribution is 7.89. The Bertz CT molecular complexity index is 589. The topological polar surface area (TPSA) is 86.9 Å². The maximum atomic E-state index is 12.6. The average Bonchev–Trinajstić information content (AvgIpc) is 2.41. The fourth-order valence-corrected chi connectivity index (χ4v) is 4.04. The van der Waals surface area contributed by atoms with Crippen molar-refractivity contribution in [1.82, 2.24) is 9.21 Å². The highest BCUT2D eigenvalue weighted by Crippen LogP contribution is 2.26. The molecular formula is C13H21N3O3S. The Morgan fingerprint density at radius 1 is 1.40 bits per heavy atom. The Morgan fingerprint density at radius 2 is 2.10 bits per heavy atom. The predicted molar refractivity (Wildman–Crippen MR) is 78.0 cm³/mol. The lowest BCUT2D eigenvalue weighted by atomic mass is 10.2. The van der Waals surface area contributed by atoms with Gasteiger partial charge in [-0.05, 0) is 31.7 Å². The van der Waals surface area contributed by atoms with Crippen LogP contribution in [0.25, 0.3) is 0 Å². The second-order valence-corrected chi connectivity index (χ2v) is 7.00. The lowest BCUT2D eigenvalue weighted by Gasteiger charge is -2.38. The van der Waals surface area contributed by atoms with Gasteiger partial charge in [-0.25, -0.2) is 8.42 Å². The molecule has 0 amide bonds. The van der Waals surface area contributed by atoms with Crippen molar-refractivity contribution in [3.05, 3.63) is 18.2 Å². The number of nitrogen functional groups attached to an aromatic ring is 1. The first-order valence-corrected chi connectivity index (χ1v) is 8.13. The highest BCUT2D eigenvalue weighted by Gasteiger charge is 2.31. The van der Waals surface area contributed by atoms with Crippen molar-refractivity contribution in [3.8, 4) is 5.75 Å². The number of nitrogens with two attached hydrogens (primary N) is 1. The molecule has 1 atom stereocenters. The zero-order valence-electron chi connectivity index (χ0n) is 11.8. The zero-order chi connectivity index (χ0) is 14.9. The van der Waals surface area contributed by atoms with Crippen LogP contribution in [0.4, 0.5) is 5.69 Å². The molecule has 20 heavy (non-hydrogen) atoms. The van der Waals surface area contributed by atoms with E-state index >= 15 is 0 Å². The number of phenolic OH excluding ortho intramolecular Hbond substituents is 1. The second-order valence-electron chi connectivity index (χ2n) is 5.06. The lowest BCUT2D eigenvalue weighted by molar-refractivity contribution is 0.135. The summed E-state index contributed by atoms with van der Waals surface area (Å²) >= 11 is 0. The fraction of sp³-hybridized carbons (Fsp3) is 0.538. The van der Waals surface area contributed by atoms with E-state index in [1.807, 2.05) is 6.92 Å². The first-order chi connectivity index (χ1) is 9.36. The third kappa shape index (κ3) is 2.74. The van der Waals surface area contributed by atoms with Crippen LogP contribution in [0.15, 0.2) is 23.1 Å². The fourth-order valence-electron chi connectivity index (χ4n) is 2.49. The minimum atomic E-state index is -3.55. The summed E-state index contributed by atoms with van der Waals surface area (Å²) in [7, 11) is -3.55. The van der Waals surface area contributed by atoms with Crippen LogP contribution in [0.2, 0.25) is 0 Å².